The smallest absolute Gasteiger partial charge is 0.246 e. The Labute approximate surface area is 221 Å². The molecule has 1 aliphatic carbocycles. The van der Waals surface area contributed by atoms with Crippen LogP contribution >= 0.6 is 0 Å². The van der Waals surface area contributed by atoms with Crippen LogP contribution in [0.25, 0.3) is 0 Å². The van der Waals surface area contributed by atoms with Crippen LogP contribution in [0.3, 0.4) is 0 Å². The Morgan fingerprint density at radius 3 is 2.45 bits per heavy atom. The summed E-state index contributed by atoms with van der Waals surface area (Å²) in [5, 5.41) is 6.12. The van der Waals surface area contributed by atoms with Crippen molar-refractivity contribution >= 4 is 23.4 Å². The predicted octanol–water partition coefficient (Wildman–Crippen LogP) is 3.87. The van der Waals surface area contributed by atoms with E-state index >= 15 is 0 Å². The Bertz CT molecular complexity index is 1270. The molecule has 6 rings (SSSR count). The number of hydrogen-bond acceptors (Lipinski definition) is 4. The number of nitrogens with zero attached hydrogens (tertiary/aromatic N) is 1. The number of hydrogen-bond donors (Lipinski definition) is 2. The van der Waals surface area contributed by atoms with Crippen LogP contribution in [-0.4, -0.2) is 46.4 Å². The maximum absolute atomic E-state index is 14.0. The molecule has 0 radical (unpaired) electrons. The number of halogens is 1. The third-order valence-corrected chi connectivity index (χ3v) is 8.46. The number of ether oxygens (including phenoxy) is 1. The van der Waals surface area contributed by atoms with Crippen molar-refractivity contribution in [1.29, 1.82) is 0 Å². The molecule has 4 aliphatic rings. The number of carbonyl (C=O) groups excluding carboxylic acids is 3. The molecule has 2 saturated heterocycles. The number of aryl methyl sites for hydroxylation is 1. The fourth-order valence-electron chi connectivity index (χ4n) is 6.61. The van der Waals surface area contributed by atoms with Gasteiger partial charge in [-0.05, 0) is 49.6 Å². The van der Waals surface area contributed by atoms with Gasteiger partial charge in [-0.25, -0.2) is 4.39 Å². The van der Waals surface area contributed by atoms with E-state index in [1.807, 2.05) is 43.3 Å². The molecule has 7 nitrogen and oxygen atoms in total. The highest BCUT2D eigenvalue weighted by molar-refractivity contribution is 6.02. The van der Waals surface area contributed by atoms with Gasteiger partial charge in [0.1, 0.15) is 17.5 Å². The van der Waals surface area contributed by atoms with Gasteiger partial charge in [0.25, 0.3) is 0 Å². The highest BCUT2D eigenvalue weighted by Crippen LogP contribution is 2.55. The Kier molecular flexibility index (Phi) is 6.30. The monoisotopic (exact) mass is 517 g/mol. The summed E-state index contributed by atoms with van der Waals surface area (Å²) in [6.07, 6.45) is 8.11. The first-order valence-electron chi connectivity index (χ1n) is 13.5. The van der Waals surface area contributed by atoms with Gasteiger partial charge in [-0.15, -0.1) is 0 Å². The van der Waals surface area contributed by atoms with Crippen molar-refractivity contribution in [3.8, 4) is 0 Å². The van der Waals surface area contributed by atoms with E-state index in [1.54, 1.807) is 12.1 Å². The van der Waals surface area contributed by atoms with E-state index in [1.165, 1.54) is 17.0 Å². The summed E-state index contributed by atoms with van der Waals surface area (Å²) in [4.78, 5) is 43.0. The molecule has 5 unspecified atom stereocenters. The second-order valence-electron chi connectivity index (χ2n) is 11.0. The molecular weight excluding hydrogens is 485 g/mol. The Morgan fingerprint density at radius 2 is 1.74 bits per heavy atom. The Morgan fingerprint density at radius 1 is 1.03 bits per heavy atom. The van der Waals surface area contributed by atoms with Crippen LogP contribution in [0.15, 0.2) is 60.7 Å². The molecule has 2 aromatic carbocycles. The lowest BCUT2D eigenvalue weighted by Crippen LogP contribution is -2.56. The van der Waals surface area contributed by atoms with Crippen molar-refractivity contribution in [1.82, 2.24) is 10.2 Å². The molecular formula is C30H32FN3O4. The lowest BCUT2D eigenvalue weighted by atomic mass is 9.74. The molecule has 3 amide bonds. The molecule has 2 N–H and O–H groups in total. The van der Waals surface area contributed by atoms with E-state index in [-0.39, 0.29) is 36.1 Å². The molecule has 5 atom stereocenters. The van der Waals surface area contributed by atoms with E-state index < -0.39 is 29.6 Å². The predicted molar refractivity (Wildman–Crippen MR) is 139 cm³/mol. The number of carbonyl (C=O) groups is 3. The van der Waals surface area contributed by atoms with E-state index in [9.17, 15) is 18.8 Å². The number of anilines is 1. The van der Waals surface area contributed by atoms with E-state index in [4.69, 9.17) is 4.74 Å². The first kappa shape index (κ1) is 24.8. The molecule has 8 heteroatoms. The van der Waals surface area contributed by atoms with Crippen molar-refractivity contribution < 1.29 is 23.5 Å². The quantitative estimate of drug-likeness (QED) is 0.570. The molecule has 0 aromatic heterocycles. The van der Waals surface area contributed by atoms with Gasteiger partial charge < -0.3 is 20.3 Å². The zero-order valence-electron chi connectivity index (χ0n) is 21.4. The SMILES string of the molecule is Cc1ccc(NC(=O)C2C3C=CC4(O3)C2C(=O)N(Cc2ccc(F)cc2)C4C(=O)NC2CCCCC2)cc1. The minimum Gasteiger partial charge on any atom is -0.359 e. The number of nitrogens with one attached hydrogen (secondary N) is 2. The Balaban J connectivity index is 1.32. The molecule has 198 valence electrons. The molecule has 3 heterocycles. The van der Waals surface area contributed by atoms with Gasteiger partial charge in [-0.1, -0.05) is 61.2 Å². The summed E-state index contributed by atoms with van der Waals surface area (Å²) in [6.45, 7) is 2.09. The normalized spacial score (nSPS) is 29.9. The lowest BCUT2D eigenvalue weighted by Gasteiger charge is -2.34. The number of benzene rings is 2. The summed E-state index contributed by atoms with van der Waals surface area (Å²) >= 11 is 0. The first-order valence-corrected chi connectivity index (χ1v) is 13.5. The zero-order valence-corrected chi connectivity index (χ0v) is 21.4. The van der Waals surface area contributed by atoms with Gasteiger partial charge in [0.05, 0.1) is 17.9 Å². The summed E-state index contributed by atoms with van der Waals surface area (Å²) in [7, 11) is 0. The maximum Gasteiger partial charge on any atom is 0.246 e. The molecule has 38 heavy (non-hydrogen) atoms. The fourth-order valence-corrected chi connectivity index (χ4v) is 6.61. The van der Waals surface area contributed by atoms with Gasteiger partial charge in [0, 0.05) is 18.3 Å². The fraction of sp³-hybridized carbons (Fsp3) is 0.433. The van der Waals surface area contributed by atoms with Crippen LogP contribution in [0.2, 0.25) is 0 Å². The minimum atomic E-state index is -1.23. The maximum atomic E-state index is 14.0. The average molecular weight is 518 g/mol. The van der Waals surface area contributed by atoms with Gasteiger partial charge in [-0.2, -0.15) is 0 Å². The van der Waals surface area contributed by atoms with Crippen LogP contribution in [0.1, 0.15) is 43.2 Å². The van der Waals surface area contributed by atoms with Crippen molar-refractivity contribution in [2.45, 2.75) is 69.4 Å². The summed E-state index contributed by atoms with van der Waals surface area (Å²) in [5.41, 5.74) is 1.19. The van der Waals surface area contributed by atoms with Gasteiger partial charge in [0.2, 0.25) is 17.7 Å². The van der Waals surface area contributed by atoms with Crippen LogP contribution in [0.4, 0.5) is 10.1 Å². The third-order valence-electron chi connectivity index (χ3n) is 8.46. The molecule has 1 saturated carbocycles. The van der Waals surface area contributed by atoms with Crippen LogP contribution < -0.4 is 10.6 Å². The van der Waals surface area contributed by atoms with Crippen molar-refractivity contribution in [3.05, 3.63) is 77.6 Å². The molecule has 3 fully saturated rings. The van der Waals surface area contributed by atoms with Crippen molar-refractivity contribution in [2.24, 2.45) is 11.8 Å². The third kappa shape index (κ3) is 4.21. The second-order valence-corrected chi connectivity index (χ2v) is 11.0. The molecule has 2 bridgehead atoms. The minimum absolute atomic E-state index is 0.0534. The van der Waals surface area contributed by atoms with Gasteiger partial charge >= 0.3 is 0 Å². The molecule has 1 spiro atoms. The van der Waals surface area contributed by atoms with Crippen molar-refractivity contribution in [3.63, 3.8) is 0 Å². The molecule has 3 aliphatic heterocycles. The van der Waals surface area contributed by atoms with E-state index in [0.29, 0.717) is 11.3 Å². The average Bonchev–Trinajstić information content (AvgIpc) is 3.55. The van der Waals surface area contributed by atoms with Crippen molar-refractivity contribution in [2.75, 3.05) is 5.32 Å². The van der Waals surface area contributed by atoms with Crippen LogP contribution in [0, 0.1) is 24.6 Å². The standard InChI is InChI=1S/C30H32FN3O4/c1-18-7-13-22(14-8-18)32-27(35)24-23-15-16-30(38-23)25(24)29(37)34(17-19-9-11-20(31)12-10-19)26(30)28(36)33-21-5-3-2-4-6-21/h7-16,21,23-26H,2-6,17H2,1H3,(H,32,35)(H,33,36). The largest absolute Gasteiger partial charge is 0.359 e. The zero-order chi connectivity index (χ0) is 26.4. The Hall–Kier alpha value is -3.52. The van der Waals surface area contributed by atoms with Gasteiger partial charge in [-0.3, -0.25) is 14.4 Å². The van der Waals surface area contributed by atoms with Crippen LogP contribution in [-0.2, 0) is 25.7 Å². The highest BCUT2D eigenvalue weighted by Gasteiger charge is 2.72. The number of likely N-dealkylation sites (tertiary alicyclic amines) is 1. The number of amides is 3. The topological polar surface area (TPSA) is 87.7 Å². The summed E-state index contributed by atoms with van der Waals surface area (Å²) in [5.74, 6) is -2.84. The van der Waals surface area contributed by atoms with E-state index in [2.05, 4.69) is 10.6 Å². The lowest BCUT2D eigenvalue weighted by molar-refractivity contribution is -0.142. The molecule has 2 aromatic rings. The first-order chi connectivity index (χ1) is 18.4. The van der Waals surface area contributed by atoms with E-state index in [0.717, 1.165) is 37.7 Å². The van der Waals surface area contributed by atoms with Crippen LogP contribution in [0.5, 0.6) is 0 Å². The summed E-state index contributed by atoms with van der Waals surface area (Å²) < 4.78 is 20.0. The highest BCUT2D eigenvalue weighted by atomic mass is 19.1. The summed E-state index contributed by atoms with van der Waals surface area (Å²) in [6, 6.07) is 12.5. The van der Waals surface area contributed by atoms with Gasteiger partial charge in [0.15, 0.2) is 0 Å². The second kappa shape index (κ2) is 9.66. The number of rotatable bonds is 6. The number of fused-ring (bicyclic) bond motifs is 1.